The summed E-state index contributed by atoms with van der Waals surface area (Å²) in [5, 5.41) is 27.2. The van der Waals surface area contributed by atoms with Crippen molar-refractivity contribution in [2.24, 2.45) is 0 Å². The van der Waals surface area contributed by atoms with Crippen LogP contribution in [0, 0.1) is 0 Å². The van der Waals surface area contributed by atoms with Gasteiger partial charge in [-0.3, -0.25) is 0 Å². The van der Waals surface area contributed by atoms with Gasteiger partial charge in [0.1, 0.15) is 6.26 Å². The van der Waals surface area contributed by atoms with E-state index in [9.17, 15) is 0 Å². The predicted octanol–water partition coefficient (Wildman–Crippen LogP) is -0.132. The second-order valence-electron chi connectivity index (χ2n) is 1.75. The van der Waals surface area contributed by atoms with Crippen LogP contribution < -0.4 is 5.73 Å². The van der Waals surface area contributed by atoms with Crippen LogP contribution in [0.1, 0.15) is 5.69 Å². The molecular weight excluding hydrogens is 148 g/mol. The molecule has 1 aromatic rings. The third kappa shape index (κ3) is 1.34. The van der Waals surface area contributed by atoms with E-state index in [4.69, 9.17) is 15.9 Å². The molecule has 0 aliphatic rings. The molecule has 11 heavy (non-hydrogen) atoms. The molecule has 4 N–H and O–H groups in total. The third-order valence-corrected chi connectivity index (χ3v) is 1.03. The second kappa shape index (κ2) is 2.82. The van der Waals surface area contributed by atoms with Crippen molar-refractivity contribution in [3.63, 3.8) is 0 Å². The number of hydrogen-bond donors (Lipinski definition) is 3. The number of rotatable bonds is 1. The lowest BCUT2D eigenvalue weighted by atomic mass is 10.3. The maximum atomic E-state index is 8.91. The van der Waals surface area contributed by atoms with Crippen LogP contribution >= 0.6 is 0 Å². The first-order valence-corrected chi connectivity index (χ1v) is 2.73. The molecule has 0 fully saturated rings. The number of nitrogen functional groups attached to an aromatic ring is 1. The van der Waals surface area contributed by atoms with E-state index in [1.165, 1.54) is 6.20 Å². The van der Waals surface area contributed by atoms with Gasteiger partial charge in [-0.1, -0.05) is 0 Å². The topological polar surface area (TPSA) is 105 Å². The number of nitrogens with zero attached hydrogens (tertiary/aromatic N) is 3. The molecule has 1 rings (SSSR count). The molecule has 0 radical (unpaired) electrons. The molecular formula is C5H6N4O2. The van der Waals surface area contributed by atoms with Crippen LogP contribution in [0.2, 0.25) is 0 Å². The Morgan fingerprint density at radius 3 is 2.91 bits per heavy atom. The molecule has 0 unspecified atom stereocenters. The molecule has 0 aliphatic carbocycles. The van der Waals surface area contributed by atoms with Gasteiger partial charge in [-0.15, -0.1) is 10.2 Å². The van der Waals surface area contributed by atoms with Gasteiger partial charge in [-0.2, -0.15) is 0 Å². The van der Waals surface area contributed by atoms with E-state index in [1.807, 2.05) is 0 Å². The fourth-order valence-electron chi connectivity index (χ4n) is 0.538. The zero-order valence-corrected chi connectivity index (χ0v) is 5.47. The van der Waals surface area contributed by atoms with Gasteiger partial charge in [0.2, 0.25) is 0 Å². The van der Waals surface area contributed by atoms with Crippen molar-refractivity contribution in [3.05, 3.63) is 18.2 Å². The molecule has 0 saturated carbocycles. The van der Waals surface area contributed by atoms with Gasteiger partial charge in [0, 0.05) is 0 Å². The molecule has 0 spiro atoms. The van der Waals surface area contributed by atoms with Crippen LogP contribution in [0.5, 0.6) is 0 Å². The van der Waals surface area contributed by atoms with Gasteiger partial charge in [0.05, 0.1) is 11.9 Å². The van der Waals surface area contributed by atoms with E-state index in [2.05, 4.69) is 15.4 Å². The summed E-state index contributed by atoms with van der Waals surface area (Å²) in [4.78, 5) is 0. The molecule has 6 nitrogen and oxygen atoms in total. The van der Waals surface area contributed by atoms with Crippen LogP contribution in [0.4, 0.5) is 5.69 Å². The standard InChI is InChI=1S/C5H6N4O2/c6-3-1-7-9-8-5(3)4(11)2-10/h1-2,10-11H,(H2,6,9). The zero-order valence-electron chi connectivity index (χ0n) is 5.47. The third-order valence-electron chi connectivity index (χ3n) is 1.03. The summed E-state index contributed by atoms with van der Waals surface area (Å²) in [5.41, 5.74) is 5.49. The number of aliphatic hydroxyl groups excluding tert-OH is 2. The summed E-state index contributed by atoms with van der Waals surface area (Å²) in [5.74, 6) is -0.433. The van der Waals surface area contributed by atoms with Crippen molar-refractivity contribution in [2.45, 2.75) is 0 Å². The fourth-order valence-corrected chi connectivity index (χ4v) is 0.538. The Morgan fingerprint density at radius 2 is 2.36 bits per heavy atom. The Morgan fingerprint density at radius 1 is 1.64 bits per heavy atom. The highest BCUT2D eigenvalue weighted by Crippen LogP contribution is 2.12. The largest absolute Gasteiger partial charge is 0.512 e. The van der Waals surface area contributed by atoms with Crippen LogP contribution in [-0.2, 0) is 0 Å². The normalized spacial score (nSPS) is 11.5. The lowest BCUT2D eigenvalue weighted by Crippen LogP contribution is -2.00. The van der Waals surface area contributed by atoms with Gasteiger partial charge in [-0.25, -0.2) is 0 Å². The Bertz CT molecular complexity index is 286. The minimum Gasteiger partial charge on any atom is -0.512 e. The van der Waals surface area contributed by atoms with Crippen molar-refractivity contribution in [1.82, 2.24) is 15.4 Å². The van der Waals surface area contributed by atoms with Crippen LogP contribution in [0.3, 0.4) is 0 Å². The quantitative estimate of drug-likeness (QED) is 0.486. The molecule has 0 saturated heterocycles. The second-order valence-corrected chi connectivity index (χ2v) is 1.75. The van der Waals surface area contributed by atoms with Crippen molar-refractivity contribution >= 4 is 11.4 Å². The van der Waals surface area contributed by atoms with Gasteiger partial charge >= 0.3 is 0 Å². The van der Waals surface area contributed by atoms with Gasteiger partial charge in [0.15, 0.2) is 11.5 Å². The van der Waals surface area contributed by atoms with E-state index >= 15 is 0 Å². The SMILES string of the molecule is Nc1cnnnc1C(O)=CO. The smallest absolute Gasteiger partial charge is 0.180 e. The number of anilines is 1. The summed E-state index contributed by atoms with van der Waals surface area (Å²) >= 11 is 0. The van der Waals surface area contributed by atoms with Crippen molar-refractivity contribution in [2.75, 3.05) is 5.73 Å². The minimum absolute atomic E-state index is 0.0162. The average Bonchev–Trinajstić information content (AvgIpc) is 2.04. The predicted molar refractivity (Wildman–Crippen MR) is 37.5 cm³/mol. The molecule has 58 valence electrons. The number of aromatic nitrogens is 3. The van der Waals surface area contributed by atoms with E-state index in [0.717, 1.165) is 0 Å². The molecule has 0 aromatic carbocycles. The summed E-state index contributed by atoms with van der Waals surface area (Å²) < 4.78 is 0. The van der Waals surface area contributed by atoms with Crippen molar-refractivity contribution in [1.29, 1.82) is 0 Å². The molecule has 6 heteroatoms. The summed E-state index contributed by atoms with van der Waals surface area (Å²) in [6.45, 7) is 0. The Hall–Kier alpha value is -1.85. The highest BCUT2D eigenvalue weighted by atomic mass is 16.3. The van der Waals surface area contributed by atoms with Crippen LogP contribution in [0.15, 0.2) is 12.5 Å². The molecule has 0 amide bonds. The lowest BCUT2D eigenvalue weighted by Gasteiger charge is -1.97. The Labute approximate surface area is 62.0 Å². The molecule has 0 aliphatic heterocycles. The minimum atomic E-state index is -0.433. The maximum Gasteiger partial charge on any atom is 0.180 e. The van der Waals surface area contributed by atoms with Crippen LogP contribution in [-0.4, -0.2) is 25.6 Å². The summed E-state index contributed by atoms with van der Waals surface area (Å²) in [7, 11) is 0. The Balaban J connectivity index is 3.14. The summed E-state index contributed by atoms with van der Waals surface area (Å²) in [6, 6.07) is 0. The van der Waals surface area contributed by atoms with E-state index in [-0.39, 0.29) is 11.4 Å². The highest BCUT2D eigenvalue weighted by molar-refractivity contribution is 5.64. The lowest BCUT2D eigenvalue weighted by molar-refractivity contribution is 0.429. The molecule has 1 heterocycles. The molecule has 0 bridgehead atoms. The van der Waals surface area contributed by atoms with Gasteiger partial charge in [0.25, 0.3) is 0 Å². The highest BCUT2D eigenvalue weighted by Gasteiger charge is 2.05. The average molecular weight is 154 g/mol. The monoisotopic (exact) mass is 154 g/mol. The number of nitrogens with two attached hydrogens (primary N) is 1. The van der Waals surface area contributed by atoms with Crippen molar-refractivity contribution in [3.8, 4) is 0 Å². The van der Waals surface area contributed by atoms with E-state index < -0.39 is 5.76 Å². The first-order valence-electron chi connectivity index (χ1n) is 2.73. The van der Waals surface area contributed by atoms with Crippen molar-refractivity contribution < 1.29 is 10.2 Å². The molecule has 1 aromatic heterocycles. The first kappa shape index (κ1) is 7.26. The van der Waals surface area contributed by atoms with Gasteiger partial charge in [-0.05, 0) is 5.21 Å². The number of aliphatic hydroxyl groups is 2. The molecule has 0 atom stereocenters. The van der Waals surface area contributed by atoms with E-state index in [1.54, 1.807) is 0 Å². The van der Waals surface area contributed by atoms with Gasteiger partial charge < -0.3 is 15.9 Å². The van der Waals surface area contributed by atoms with E-state index in [0.29, 0.717) is 6.26 Å². The Kier molecular flexibility index (Phi) is 1.86. The maximum absolute atomic E-state index is 8.91. The number of hydrogen-bond acceptors (Lipinski definition) is 6. The fraction of sp³-hybridized carbons (Fsp3) is 0. The zero-order chi connectivity index (χ0) is 8.27. The first-order chi connectivity index (χ1) is 5.25. The summed E-state index contributed by atoms with van der Waals surface area (Å²) in [6.07, 6.45) is 1.71. The van der Waals surface area contributed by atoms with Crippen LogP contribution in [0.25, 0.3) is 5.76 Å².